The van der Waals surface area contributed by atoms with Gasteiger partial charge in [-0.05, 0) is 20.8 Å². The third-order valence-corrected chi connectivity index (χ3v) is 22.2. The zero-order valence-corrected chi connectivity index (χ0v) is 33.8. The van der Waals surface area contributed by atoms with Crippen LogP contribution in [0.5, 0.6) is 11.5 Å². The summed E-state index contributed by atoms with van der Waals surface area (Å²) < 4.78 is 24.8. The summed E-state index contributed by atoms with van der Waals surface area (Å²) >= 11 is 4.60. The van der Waals surface area contributed by atoms with Crippen molar-refractivity contribution in [2.75, 3.05) is 26.4 Å². The largest absolute Gasteiger partial charge is 0.374 e. The number of benzene rings is 4. The second kappa shape index (κ2) is 18.1. The molecule has 4 aromatic rings. The summed E-state index contributed by atoms with van der Waals surface area (Å²) in [5.41, 5.74) is 3.59. The molecule has 4 rings (SSSR count). The van der Waals surface area contributed by atoms with Gasteiger partial charge in [0.15, 0.2) is 0 Å². The van der Waals surface area contributed by atoms with E-state index < -0.39 is 14.1 Å². The van der Waals surface area contributed by atoms with Crippen molar-refractivity contribution in [3.63, 3.8) is 0 Å². The second-order valence-corrected chi connectivity index (χ2v) is 23.9. The van der Waals surface area contributed by atoms with Crippen LogP contribution in [-0.2, 0) is 13.3 Å². The van der Waals surface area contributed by atoms with E-state index in [-0.39, 0.29) is 5.75 Å². The molecule has 0 unspecified atom stereocenters. The van der Waals surface area contributed by atoms with Gasteiger partial charge in [0.05, 0.1) is 0 Å². The summed E-state index contributed by atoms with van der Waals surface area (Å²) in [4.78, 5) is 0. The van der Waals surface area contributed by atoms with E-state index in [0.717, 1.165) is 71.5 Å². The number of rotatable bonds is 20. The number of aryl methyl sites for hydroxylation is 3. The summed E-state index contributed by atoms with van der Waals surface area (Å²) in [6.07, 6.45) is 6.53. The first-order valence-electron chi connectivity index (χ1n) is 17.9. The van der Waals surface area contributed by atoms with Crippen molar-refractivity contribution in [3.05, 3.63) is 108 Å². The van der Waals surface area contributed by atoms with Crippen LogP contribution in [0.25, 0.3) is 0 Å². The quantitative estimate of drug-likeness (QED) is 0.0552. The molecule has 0 saturated carbocycles. The van der Waals surface area contributed by atoms with Crippen LogP contribution in [0.1, 0.15) is 76.0 Å². The van der Waals surface area contributed by atoms with Gasteiger partial charge in [0.1, 0.15) is 0 Å². The van der Waals surface area contributed by atoms with Crippen molar-refractivity contribution >= 4 is 50.8 Å². The van der Waals surface area contributed by atoms with Crippen molar-refractivity contribution in [1.82, 2.24) is 0 Å². The molecule has 0 radical (unpaired) electrons. The monoisotopic (exact) mass is 766 g/mol. The minimum atomic E-state index is -3.60. The number of halogens is 1. The Bertz CT molecular complexity index is 1460. The average Bonchev–Trinajstić information content (AvgIpc) is 3.09. The molecule has 0 aliphatic heterocycles. The molecule has 4 aromatic carbocycles. The molecule has 0 fully saturated rings. The van der Waals surface area contributed by atoms with Gasteiger partial charge in [-0.1, -0.05) is 0 Å². The minimum absolute atomic E-state index is 0.215. The first-order valence-corrected chi connectivity index (χ1v) is 24.1. The van der Waals surface area contributed by atoms with Crippen LogP contribution in [0.15, 0.2) is 91.0 Å². The molecule has 0 aliphatic carbocycles. The molecule has 0 atom stereocenters. The number of hydrogen-bond donors (Lipinski definition) is 1. The van der Waals surface area contributed by atoms with Crippen molar-refractivity contribution < 1.29 is 23.1 Å². The van der Waals surface area contributed by atoms with Crippen LogP contribution in [0, 0.1) is 20.8 Å². The van der Waals surface area contributed by atoms with E-state index in [2.05, 4.69) is 109 Å². The molecule has 0 amide bonds. The fraction of sp³-hybridized carbons (Fsp3) is 0.415. The third-order valence-electron chi connectivity index (χ3n) is 9.18. The molecule has 0 aromatic heterocycles. The number of phenolic OH excluding ortho intramolecular Hbond substituents is 1. The number of ether oxygens (including phenoxy) is 1. The van der Waals surface area contributed by atoms with Gasteiger partial charge in [-0.3, -0.25) is 0 Å². The summed E-state index contributed by atoms with van der Waals surface area (Å²) in [7, 11) is -2.57. The van der Waals surface area contributed by atoms with Crippen LogP contribution >= 0.6 is 20.8 Å². The maximum atomic E-state index is 11.1. The number of hydrogen-bond acceptors (Lipinski definition) is 5. The van der Waals surface area contributed by atoms with Gasteiger partial charge in [0.2, 0.25) is 0 Å². The number of phenols is 1. The van der Waals surface area contributed by atoms with Gasteiger partial charge in [-0.25, -0.2) is 0 Å². The minimum Gasteiger partial charge on any atom is -0.374 e. The summed E-state index contributed by atoms with van der Waals surface area (Å²) in [6, 6.07) is 32.9. The molecule has 266 valence electrons. The van der Waals surface area contributed by atoms with E-state index in [1.165, 1.54) is 16.7 Å². The summed E-state index contributed by atoms with van der Waals surface area (Å²) in [5, 5.41) is 11.9. The molecule has 0 spiro atoms. The Morgan fingerprint density at radius 1 is 0.571 bits per heavy atom. The Kier molecular flexibility index (Phi) is 14.5. The van der Waals surface area contributed by atoms with E-state index in [1.54, 1.807) is 6.07 Å². The van der Waals surface area contributed by atoms with E-state index in [0.29, 0.717) is 26.4 Å². The van der Waals surface area contributed by atoms with Gasteiger partial charge in [-0.2, -0.15) is 0 Å². The van der Waals surface area contributed by atoms with E-state index in [4.69, 9.17) is 18.0 Å². The Morgan fingerprint density at radius 3 is 1.41 bits per heavy atom. The van der Waals surface area contributed by atoms with Crippen LogP contribution in [0.4, 0.5) is 0 Å². The Morgan fingerprint density at radius 2 is 0.980 bits per heavy atom. The molecule has 5 nitrogen and oxygen atoms in total. The molecule has 1 N–H and O–H groups in total. The van der Waals surface area contributed by atoms with Gasteiger partial charge in [0, 0.05) is 19.8 Å². The second-order valence-electron chi connectivity index (χ2n) is 12.9. The van der Waals surface area contributed by atoms with Gasteiger partial charge in [0.25, 0.3) is 0 Å². The zero-order chi connectivity index (χ0) is 35.4. The fourth-order valence-electron chi connectivity index (χ4n) is 6.63. The van der Waals surface area contributed by atoms with Crippen LogP contribution in [-0.4, -0.2) is 40.3 Å². The standard InChI is InChI=1S/C41H56BrO5PSi/c1-7-45-49(46-8-2,47-9-3)31-15-13-11-10-12-14-30-44-40-29-22-36(43)32-41(40)48(42,37-23-16-33(4)17-24-37,38-25-18-34(5)19-26-38)39-27-20-35(6)21-28-39/h16-29,32,43H,7-15,30-31H2,1-6H3. The fourth-order valence-corrected chi connectivity index (χ4v) is 17.1. The van der Waals surface area contributed by atoms with Crippen LogP contribution in [0.2, 0.25) is 6.04 Å². The predicted molar refractivity (Wildman–Crippen MR) is 215 cm³/mol. The molecule has 0 bridgehead atoms. The maximum Gasteiger partial charge on any atom is 0.0355 e. The Balaban J connectivity index is 1.57. The van der Waals surface area contributed by atoms with Crippen molar-refractivity contribution in [3.8, 4) is 11.5 Å². The number of aromatic hydroxyl groups is 1. The molecular formula is C41H56BrO5PSi. The van der Waals surface area contributed by atoms with Crippen molar-refractivity contribution in [2.45, 2.75) is 86.1 Å². The predicted octanol–water partition coefficient (Wildman–Crippen LogP) is 9.55. The molecule has 49 heavy (non-hydrogen) atoms. The van der Waals surface area contributed by atoms with Crippen molar-refractivity contribution in [2.24, 2.45) is 0 Å². The topological polar surface area (TPSA) is 57.2 Å². The van der Waals surface area contributed by atoms with Crippen LogP contribution in [0.3, 0.4) is 0 Å². The van der Waals surface area contributed by atoms with Crippen molar-refractivity contribution in [1.29, 1.82) is 0 Å². The van der Waals surface area contributed by atoms with Gasteiger partial charge in [-0.15, -0.1) is 0 Å². The van der Waals surface area contributed by atoms with Crippen LogP contribution < -0.4 is 26.0 Å². The van der Waals surface area contributed by atoms with Gasteiger partial charge < -0.3 is 13.3 Å². The molecular weight excluding hydrogens is 711 g/mol. The maximum absolute atomic E-state index is 11.1. The summed E-state index contributed by atoms with van der Waals surface area (Å²) in [5.74, 6) is 1.00. The molecule has 8 heteroatoms. The van der Waals surface area contributed by atoms with E-state index >= 15 is 0 Å². The first kappa shape index (κ1) is 39.3. The first-order chi connectivity index (χ1) is 23.6. The van der Waals surface area contributed by atoms with E-state index in [1.807, 2.05) is 32.9 Å². The Labute approximate surface area is 304 Å². The van der Waals surface area contributed by atoms with Gasteiger partial charge >= 0.3 is 252 Å². The van der Waals surface area contributed by atoms with E-state index in [9.17, 15) is 5.11 Å². The number of unbranched alkanes of at least 4 members (excludes halogenated alkanes) is 5. The third kappa shape index (κ3) is 9.05. The summed E-state index contributed by atoms with van der Waals surface area (Å²) in [6.45, 7) is 14.8. The molecule has 0 heterocycles. The SMILES string of the molecule is CCO[Si](CCCCCCCCOc1ccc(O)cc1P(Br)(c1ccc(C)cc1)(c1ccc(C)cc1)c1ccc(C)cc1)(OCC)OCC. The molecule has 0 aliphatic rings. The Hall–Kier alpha value is -2.51. The zero-order valence-electron chi connectivity index (χ0n) is 30.3. The normalized spacial score (nSPS) is 12.8. The average molecular weight is 768 g/mol. The molecule has 0 saturated heterocycles. The smallest absolute Gasteiger partial charge is 0.0355 e.